The van der Waals surface area contributed by atoms with Crippen molar-refractivity contribution in [1.82, 2.24) is 4.90 Å². The fourth-order valence-electron chi connectivity index (χ4n) is 2.94. The first kappa shape index (κ1) is 15.0. The van der Waals surface area contributed by atoms with E-state index >= 15 is 0 Å². The number of amides is 2. The second-order valence-electron chi connectivity index (χ2n) is 5.37. The maximum absolute atomic E-state index is 12.7. The molecule has 0 radical (unpaired) electrons. The Morgan fingerprint density at radius 2 is 2.05 bits per heavy atom. The van der Waals surface area contributed by atoms with Crippen LogP contribution in [0.4, 0.5) is 5.69 Å². The molecule has 0 N–H and O–H groups in total. The maximum Gasteiger partial charge on any atom is 0.251 e. The van der Waals surface area contributed by atoms with Crippen molar-refractivity contribution in [3.05, 3.63) is 24.3 Å². The number of carbonyl (C=O) groups is 2. The molecular weight excluding hydrogens is 284 g/mol. The van der Waals surface area contributed by atoms with Gasteiger partial charge in [0.15, 0.2) is 0 Å². The number of morpholine rings is 1. The van der Waals surface area contributed by atoms with Gasteiger partial charge in [0, 0.05) is 19.2 Å². The molecule has 0 aromatic heterocycles. The minimum absolute atomic E-state index is 0.152. The molecular formula is C16H20N2O4. The van der Waals surface area contributed by atoms with Crippen molar-refractivity contribution in [2.24, 2.45) is 0 Å². The SMILES string of the molecule is CCOc1cccc(N2C(=O)CC(N3CCOCC3)C2=O)c1. The largest absolute Gasteiger partial charge is 0.494 e. The van der Waals surface area contributed by atoms with E-state index in [1.807, 2.05) is 17.9 Å². The molecule has 0 saturated carbocycles. The number of anilines is 1. The molecule has 2 heterocycles. The molecule has 2 amide bonds. The molecule has 22 heavy (non-hydrogen) atoms. The normalized spacial score (nSPS) is 23.1. The lowest BCUT2D eigenvalue weighted by atomic mass is 10.2. The van der Waals surface area contributed by atoms with Crippen molar-refractivity contribution in [1.29, 1.82) is 0 Å². The van der Waals surface area contributed by atoms with Crippen molar-refractivity contribution < 1.29 is 19.1 Å². The van der Waals surface area contributed by atoms with Crippen LogP contribution in [0, 0.1) is 0 Å². The van der Waals surface area contributed by atoms with E-state index < -0.39 is 0 Å². The van der Waals surface area contributed by atoms with Crippen LogP contribution in [-0.4, -0.2) is 55.7 Å². The number of hydrogen-bond acceptors (Lipinski definition) is 5. The fraction of sp³-hybridized carbons (Fsp3) is 0.500. The molecule has 118 valence electrons. The van der Waals surface area contributed by atoms with Crippen LogP contribution in [0.15, 0.2) is 24.3 Å². The zero-order valence-electron chi connectivity index (χ0n) is 12.7. The second kappa shape index (κ2) is 6.46. The van der Waals surface area contributed by atoms with E-state index in [-0.39, 0.29) is 24.3 Å². The number of benzene rings is 1. The first-order valence-electron chi connectivity index (χ1n) is 7.62. The number of ether oxygens (including phenoxy) is 2. The van der Waals surface area contributed by atoms with E-state index in [0.29, 0.717) is 44.3 Å². The van der Waals surface area contributed by atoms with Crippen LogP contribution in [0.2, 0.25) is 0 Å². The van der Waals surface area contributed by atoms with Gasteiger partial charge in [-0.2, -0.15) is 0 Å². The lowest BCUT2D eigenvalue weighted by Crippen LogP contribution is -2.47. The molecule has 1 atom stereocenters. The van der Waals surface area contributed by atoms with Gasteiger partial charge in [-0.05, 0) is 19.1 Å². The third kappa shape index (κ3) is 2.84. The van der Waals surface area contributed by atoms with Gasteiger partial charge in [0.25, 0.3) is 5.91 Å². The summed E-state index contributed by atoms with van der Waals surface area (Å²) >= 11 is 0. The van der Waals surface area contributed by atoms with Gasteiger partial charge in [-0.15, -0.1) is 0 Å². The van der Waals surface area contributed by atoms with Gasteiger partial charge in [-0.1, -0.05) is 6.07 Å². The molecule has 2 fully saturated rings. The van der Waals surface area contributed by atoms with E-state index in [0.717, 1.165) is 0 Å². The number of rotatable bonds is 4. The van der Waals surface area contributed by atoms with Gasteiger partial charge >= 0.3 is 0 Å². The zero-order chi connectivity index (χ0) is 15.5. The van der Waals surface area contributed by atoms with Gasteiger partial charge < -0.3 is 9.47 Å². The van der Waals surface area contributed by atoms with Crippen molar-refractivity contribution in [2.45, 2.75) is 19.4 Å². The van der Waals surface area contributed by atoms with E-state index in [1.165, 1.54) is 4.90 Å². The van der Waals surface area contributed by atoms with Crippen molar-refractivity contribution in [3.8, 4) is 5.75 Å². The Balaban J connectivity index is 1.80. The van der Waals surface area contributed by atoms with E-state index in [1.54, 1.807) is 18.2 Å². The third-order valence-corrected chi connectivity index (χ3v) is 4.00. The highest BCUT2D eigenvalue weighted by Crippen LogP contribution is 2.28. The van der Waals surface area contributed by atoms with Crippen molar-refractivity contribution >= 4 is 17.5 Å². The monoisotopic (exact) mass is 304 g/mol. The lowest BCUT2D eigenvalue weighted by molar-refractivity contribution is -0.123. The predicted molar refractivity (Wildman–Crippen MR) is 80.9 cm³/mol. The summed E-state index contributed by atoms with van der Waals surface area (Å²) in [5.41, 5.74) is 0.580. The molecule has 1 unspecified atom stereocenters. The molecule has 3 rings (SSSR count). The Hall–Kier alpha value is -1.92. The molecule has 2 aliphatic heterocycles. The van der Waals surface area contributed by atoms with Crippen LogP contribution in [0.25, 0.3) is 0 Å². The molecule has 0 spiro atoms. The van der Waals surface area contributed by atoms with Gasteiger partial charge in [-0.3, -0.25) is 14.5 Å². The van der Waals surface area contributed by atoms with Crippen molar-refractivity contribution in [3.63, 3.8) is 0 Å². The summed E-state index contributed by atoms with van der Waals surface area (Å²) in [6.45, 7) is 5.04. The van der Waals surface area contributed by atoms with Gasteiger partial charge in [-0.25, -0.2) is 4.90 Å². The number of carbonyl (C=O) groups excluding carboxylic acids is 2. The lowest BCUT2D eigenvalue weighted by Gasteiger charge is -2.30. The van der Waals surface area contributed by atoms with Crippen LogP contribution in [0.5, 0.6) is 5.75 Å². The molecule has 0 bridgehead atoms. The molecule has 2 aliphatic rings. The number of nitrogens with zero attached hydrogens (tertiary/aromatic N) is 2. The Kier molecular flexibility index (Phi) is 4.40. The average Bonchev–Trinajstić information content (AvgIpc) is 2.84. The first-order chi connectivity index (χ1) is 10.7. The van der Waals surface area contributed by atoms with Crippen molar-refractivity contribution in [2.75, 3.05) is 37.8 Å². The van der Waals surface area contributed by atoms with E-state index in [9.17, 15) is 9.59 Å². The second-order valence-corrected chi connectivity index (χ2v) is 5.37. The minimum atomic E-state index is -0.368. The Labute approximate surface area is 129 Å². The summed E-state index contributed by atoms with van der Waals surface area (Å²) in [6, 6.07) is 6.74. The Morgan fingerprint density at radius 3 is 2.77 bits per heavy atom. The number of imide groups is 1. The summed E-state index contributed by atoms with van der Waals surface area (Å²) < 4.78 is 10.8. The van der Waals surface area contributed by atoms with Crippen LogP contribution in [-0.2, 0) is 14.3 Å². The summed E-state index contributed by atoms with van der Waals surface area (Å²) in [5.74, 6) is 0.353. The van der Waals surface area contributed by atoms with E-state index in [4.69, 9.17) is 9.47 Å². The standard InChI is InChI=1S/C16H20N2O4/c1-2-22-13-5-3-4-12(10-13)18-15(19)11-14(16(18)20)17-6-8-21-9-7-17/h3-5,10,14H,2,6-9,11H2,1H3. The average molecular weight is 304 g/mol. The summed E-state index contributed by atoms with van der Waals surface area (Å²) in [7, 11) is 0. The van der Waals surface area contributed by atoms with E-state index in [2.05, 4.69) is 0 Å². The smallest absolute Gasteiger partial charge is 0.251 e. The summed E-state index contributed by atoms with van der Waals surface area (Å²) in [6.07, 6.45) is 0.234. The van der Waals surface area contributed by atoms with Crippen LogP contribution in [0.1, 0.15) is 13.3 Å². The van der Waals surface area contributed by atoms with Crippen LogP contribution >= 0.6 is 0 Å². The third-order valence-electron chi connectivity index (χ3n) is 4.00. The van der Waals surface area contributed by atoms with Crippen LogP contribution in [0.3, 0.4) is 0 Å². The van der Waals surface area contributed by atoms with Crippen LogP contribution < -0.4 is 9.64 Å². The highest BCUT2D eigenvalue weighted by atomic mass is 16.5. The quantitative estimate of drug-likeness (QED) is 0.778. The molecule has 6 nitrogen and oxygen atoms in total. The topological polar surface area (TPSA) is 59.1 Å². The van der Waals surface area contributed by atoms with Gasteiger partial charge in [0.2, 0.25) is 5.91 Å². The highest BCUT2D eigenvalue weighted by Gasteiger charge is 2.43. The Morgan fingerprint density at radius 1 is 1.27 bits per heavy atom. The van der Waals surface area contributed by atoms with Gasteiger partial charge in [0.05, 0.1) is 38.0 Å². The zero-order valence-corrected chi connectivity index (χ0v) is 12.7. The molecule has 2 saturated heterocycles. The van der Waals surface area contributed by atoms with Gasteiger partial charge in [0.1, 0.15) is 5.75 Å². The predicted octanol–water partition coefficient (Wildman–Crippen LogP) is 1.05. The summed E-state index contributed by atoms with van der Waals surface area (Å²) in [5, 5.41) is 0. The fourth-order valence-corrected chi connectivity index (χ4v) is 2.94. The maximum atomic E-state index is 12.7. The summed E-state index contributed by atoms with van der Waals surface area (Å²) in [4.78, 5) is 28.3. The minimum Gasteiger partial charge on any atom is -0.494 e. The highest BCUT2D eigenvalue weighted by molar-refractivity contribution is 6.22. The number of hydrogen-bond donors (Lipinski definition) is 0. The molecule has 0 aliphatic carbocycles. The molecule has 1 aromatic rings. The first-order valence-corrected chi connectivity index (χ1v) is 7.62. The molecule has 6 heteroatoms. The Bertz CT molecular complexity index is 569. The molecule has 1 aromatic carbocycles.